The molecule has 2 atom stereocenters. The van der Waals surface area contributed by atoms with E-state index < -0.39 is 0 Å². The van der Waals surface area contributed by atoms with E-state index in [1.54, 1.807) is 0 Å². The number of rotatable bonds is 4. The third-order valence-corrected chi connectivity index (χ3v) is 4.95. The summed E-state index contributed by atoms with van der Waals surface area (Å²) in [5.74, 6) is 0.715. The number of hydrogen-bond donors (Lipinski definition) is 0. The van der Waals surface area contributed by atoms with Gasteiger partial charge in [-0.05, 0) is 32.9 Å². The first-order valence-electron chi connectivity index (χ1n) is 7.41. The summed E-state index contributed by atoms with van der Waals surface area (Å²) in [6.45, 7) is 5.60. The minimum atomic E-state index is -0.0286. The average molecular weight is 252 g/mol. The van der Waals surface area contributed by atoms with E-state index in [0.29, 0.717) is 12.0 Å². The van der Waals surface area contributed by atoms with Crippen LogP contribution in [0.1, 0.15) is 39.0 Å². The number of likely N-dealkylation sites (tertiary alicyclic amines) is 1. The summed E-state index contributed by atoms with van der Waals surface area (Å²) in [5.41, 5.74) is -0.0286. The Labute approximate surface area is 112 Å². The van der Waals surface area contributed by atoms with Crippen LogP contribution in [-0.2, 0) is 4.79 Å². The molecule has 0 radical (unpaired) electrons. The Morgan fingerprint density at radius 2 is 1.89 bits per heavy atom. The highest BCUT2D eigenvalue weighted by Crippen LogP contribution is 2.36. The van der Waals surface area contributed by atoms with Gasteiger partial charge in [0, 0.05) is 31.1 Å². The van der Waals surface area contributed by atoms with Gasteiger partial charge in [-0.1, -0.05) is 26.2 Å². The number of likely N-dealkylation sites (N-methyl/N-ethyl adjacent to an activating group) is 1. The molecule has 104 valence electrons. The standard InChI is InChI=1S/C15H28N2O/c1-13-9-17(10-14(13)16(2)3)11-15(12-18)7-5-4-6-8-15/h12-14H,4-11H2,1-3H3. The molecule has 1 saturated heterocycles. The zero-order chi connectivity index (χ0) is 13.2. The topological polar surface area (TPSA) is 23.6 Å². The Morgan fingerprint density at radius 3 is 2.39 bits per heavy atom. The number of aldehydes is 1. The number of carbonyl (C=O) groups excluding carboxylic acids is 1. The van der Waals surface area contributed by atoms with Gasteiger partial charge in [0.25, 0.3) is 0 Å². The smallest absolute Gasteiger partial charge is 0.127 e. The third kappa shape index (κ3) is 2.94. The van der Waals surface area contributed by atoms with Crippen molar-refractivity contribution in [3.8, 4) is 0 Å². The highest BCUT2D eigenvalue weighted by atomic mass is 16.1. The maximum atomic E-state index is 11.5. The van der Waals surface area contributed by atoms with Gasteiger partial charge in [-0.25, -0.2) is 0 Å². The van der Waals surface area contributed by atoms with Crippen LogP contribution in [0.15, 0.2) is 0 Å². The molecule has 18 heavy (non-hydrogen) atoms. The number of nitrogens with zero attached hydrogens (tertiary/aromatic N) is 2. The van der Waals surface area contributed by atoms with Crippen molar-refractivity contribution < 1.29 is 4.79 Å². The van der Waals surface area contributed by atoms with Gasteiger partial charge in [0.1, 0.15) is 6.29 Å². The van der Waals surface area contributed by atoms with Gasteiger partial charge in [0.15, 0.2) is 0 Å². The molecule has 0 aromatic carbocycles. The molecule has 0 amide bonds. The zero-order valence-electron chi connectivity index (χ0n) is 12.2. The van der Waals surface area contributed by atoms with E-state index >= 15 is 0 Å². The molecule has 3 heteroatoms. The van der Waals surface area contributed by atoms with Crippen LogP contribution < -0.4 is 0 Å². The molecule has 1 heterocycles. The molecule has 1 saturated carbocycles. The monoisotopic (exact) mass is 252 g/mol. The van der Waals surface area contributed by atoms with Gasteiger partial charge < -0.3 is 14.6 Å². The predicted octanol–water partition coefficient (Wildman–Crippen LogP) is 2.02. The fourth-order valence-electron chi connectivity index (χ4n) is 3.86. The fourth-order valence-corrected chi connectivity index (χ4v) is 3.86. The average Bonchev–Trinajstić information content (AvgIpc) is 2.71. The van der Waals surface area contributed by atoms with Crippen molar-refractivity contribution in [2.45, 2.75) is 45.1 Å². The van der Waals surface area contributed by atoms with Gasteiger partial charge in [0.05, 0.1) is 0 Å². The number of carbonyl (C=O) groups is 1. The summed E-state index contributed by atoms with van der Waals surface area (Å²) in [4.78, 5) is 16.4. The van der Waals surface area contributed by atoms with Crippen LogP contribution in [-0.4, -0.2) is 55.9 Å². The Morgan fingerprint density at radius 1 is 1.22 bits per heavy atom. The quantitative estimate of drug-likeness (QED) is 0.715. The summed E-state index contributed by atoms with van der Waals surface area (Å²) in [6, 6.07) is 0.650. The van der Waals surface area contributed by atoms with Crippen molar-refractivity contribution in [3.05, 3.63) is 0 Å². The van der Waals surface area contributed by atoms with Crippen LogP contribution in [0.3, 0.4) is 0 Å². The summed E-state index contributed by atoms with van der Waals surface area (Å²) >= 11 is 0. The van der Waals surface area contributed by atoms with Crippen molar-refractivity contribution in [1.82, 2.24) is 9.80 Å². The lowest BCUT2D eigenvalue weighted by Crippen LogP contribution is -2.40. The molecule has 0 bridgehead atoms. The van der Waals surface area contributed by atoms with Crippen LogP contribution in [0.4, 0.5) is 0 Å². The lowest BCUT2D eigenvalue weighted by Gasteiger charge is -2.35. The van der Waals surface area contributed by atoms with E-state index in [4.69, 9.17) is 0 Å². The second-order valence-corrected chi connectivity index (χ2v) is 6.74. The maximum Gasteiger partial charge on any atom is 0.127 e. The molecule has 0 aromatic heterocycles. The second kappa shape index (κ2) is 5.70. The Balaban J connectivity index is 1.95. The first-order valence-corrected chi connectivity index (χ1v) is 7.41. The molecular weight excluding hydrogens is 224 g/mol. The van der Waals surface area contributed by atoms with Crippen molar-refractivity contribution in [2.24, 2.45) is 11.3 Å². The molecule has 0 spiro atoms. The van der Waals surface area contributed by atoms with Gasteiger partial charge in [0.2, 0.25) is 0 Å². The molecular formula is C15H28N2O. The first-order chi connectivity index (χ1) is 8.56. The molecule has 2 aliphatic rings. The van der Waals surface area contributed by atoms with Gasteiger partial charge in [-0.2, -0.15) is 0 Å². The lowest BCUT2D eigenvalue weighted by molar-refractivity contribution is -0.119. The molecule has 2 unspecified atom stereocenters. The fraction of sp³-hybridized carbons (Fsp3) is 0.933. The van der Waals surface area contributed by atoms with E-state index in [9.17, 15) is 4.79 Å². The van der Waals surface area contributed by atoms with Crippen molar-refractivity contribution in [3.63, 3.8) is 0 Å². The molecule has 0 N–H and O–H groups in total. The van der Waals surface area contributed by atoms with E-state index in [1.165, 1.54) is 25.5 Å². The summed E-state index contributed by atoms with van der Waals surface area (Å²) in [6.07, 6.45) is 7.26. The Kier molecular flexibility index (Phi) is 4.44. The van der Waals surface area contributed by atoms with E-state index in [1.807, 2.05) is 0 Å². The molecule has 2 fully saturated rings. The maximum absolute atomic E-state index is 11.5. The lowest BCUT2D eigenvalue weighted by atomic mass is 9.75. The van der Waals surface area contributed by atoms with Crippen LogP contribution in [0, 0.1) is 11.3 Å². The molecule has 1 aliphatic heterocycles. The Bertz CT molecular complexity index is 284. The van der Waals surface area contributed by atoms with E-state index in [0.717, 1.165) is 32.5 Å². The molecule has 1 aliphatic carbocycles. The minimum absolute atomic E-state index is 0.0286. The zero-order valence-corrected chi connectivity index (χ0v) is 12.2. The van der Waals surface area contributed by atoms with Crippen LogP contribution >= 0.6 is 0 Å². The summed E-state index contributed by atoms with van der Waals surface area (Å²) < 4.78 is 0. The Hall–Kier alpha value is -0.410. The van der Waals surface area contributed by atoms with Gasteiger partial charge >= 0.3 is 0 Å². The van der Waals surface area contributed by atoms with Crippen molar-refractivity contribution in [2.75, 3.05) is 33.7 Å². The minimum Gasteiger partial charge on any atom is -0.305 e. The molecule has 3 nitrogen and oxygen atoms in total. The predicted molar refractivity (Wildman–Crippen MR) is 74.7 cm³/mol. The third-order valence-electron chi connectivity index (χ3n) is 4.95. The second-order valence-electron chi connectivity index (χ2n) is 6.74. The molecule has 2 rings (SSSR count). The highest BCUT2D eigenvalue weighted by molar-refractivity contribution is 5.60. The molecule has 0 aromatic rings. The summed E-state index contributed by atoms with van der Waals surface area (Å²) in [7, 11) is 4.33. The van der Waals surface area contributed by atoms with Crippen molar-refractivity contribution in [1.29, 1.82) is 0 Å². The normalized spacial score (nSPS) is 32.9. The van der Waals surface area contributed by atoms with E-state index in [2.05, 4.69) is 30.8 Å². The van der Waals surface area contributed by atoms with Gasteiger partial charge in [-0.15, -0.1) is 0 Å². The van der Waals surface area contributed by atoms with Crippen LogP contribution in [0.2, 0.25) is 0 Å². The largest absolute Gasteiger partial charge is 0.305 e. The SMILES string of the molecule is CC1CN(CC2(C=O)CCCCC2)CC1N(C)C. The van der Waals surface area contributed by atoms with Crippen LogP contribution in [0.25, 0.3) is 0 Å². The van der Waals surface area contributed by atoms with E-state index in [-0.39, 0.29) is 5.41 Å². The van der Waals surface area contributed by atoms with Crippen LogP contribution in [0.5, 0.6) is 0 Å². The summed E-state index contributed by atoms with van der Waals surface area (Å²) in [5, 5.41) is 0. The van der Waals surface area contributed by atoms with Crippen molar-refractivity contribution >= 4 is 6.29 Å². The highest BCUT2D eigenvalue weighted by Gasteiger charge is 2.38. The van der Waals surface area contributed by atoms with Gasteiger partial charge in [-0.3, -0.25) is 0 Å². The first kappa shape index (κ1) is 14.0. The number of hydrogen-bond acceptors (Lipinski definition) is 3.